The Balaban J connectivity index is 2.01. The van der Waals surface area contributed by atoms with Crippen LogP contribution in [0.15, 0.2) is 18.2 Å². The number of halogens is 3. The van der Waals surface area contributed by atoms with Crippen LogP contribution in [-0.2, 0) is 4.74 Å². The average Bonchev–Trinajstić information content (AvgIpc) is 2.24. The summed E-state index contributed by atoms with van der Waals surface area (Å²) in [6, 6.07) is 5.14. The number of rotatable bonds is 4. The Kier molecular flexibility index (Phi) is 4.42. The van der Waals surface area contributed by atoms with Crippen LogP contribution >= 0.6 is 34.8 Å². The van der Waals surface area contributed by atoms with Crippen molar-refractivity contribution in [2.24, 2.45) is 0 Å². The van der Waals surface area contributed by atoms with Crippen LogP contribution in [0.1, 0.15) is 13.3 Å². The molecule has 94 valence electrons. The highest BCUT2D eigenvalue weighted by Gasteiger charge is 2.42. The Labute approximate surface area is 116 Å². The van der Waals surface area contributed by atoms with Crippen LogP contribution < -0.4 is 4.74 Å². The van der Waals surface area contributed by atoms with Crippen molar-refractivity contribution in [3.8, 4) is 5.75 Å². The first-order valence-corrected chi connectivity index (χ1v) is 6.68. The molecule has 1 aromatic carbocycles. The van der Waals surface area contributed by atoms with Crippen LogP contribution in [0, 0.1) is 0 Å². The molecule has 0 bridgehead atoms. The molecule has 1 aromatic rings. The van der Waals surface area contributed by atoms with Crippen molar-refractivity contribution >= 4 is 34.8 Å². The highest BCUT2D eigenvalue weighted by molar-refractivity contribution is 6.34. The van der Waals surface area contributed by atoms with E-state index in [2.05, 4.69) is 0 Å². The third-order valence-corrected chi connectivity index (χ3v) is 3.53. The van der Waals surface area contributed by atoms with Gasteiger partial charge >= 0.3 is 0 Å². The zero-order chi connectivity index (χ0) is 12.4. The van der Waals surface area contributed by atoms with Crippen molar-refractivity contribution in [1.29, 1.82) is 0 Å². The third kappa shape index (κ3) is 3.19. The van der Waals surface area contributed by atoms with E-state index < -0.39 is 0 Å². The second-order valence-electron chi connectivity index (χ2n) is 3.93. The van der Waals surface area contributed by atoms with Crippen molar-refractivity contribution < 1.29 is 9.47 Å². The topological polar surface area (TPSA) is 18.5 Å². The minimum Gasteiger partial charge on any atom is -0.487 e. The van der Waals surface area contributed by atoms with Crippen LogP contribution in [0.3, 0.4) is 0 Å². The fourth-order valence-corrected chi connectivity index (χ4v) is 2.73. The number of hydrogen-bond donors (Lipinski definition) is 0. The minimum atomic E-state index is -0.0561. The maximum atomic E-state index is 6.06. The van der Waals surface area contributed by atoms with Gasteiger partial charge in [-0.1, -0.05) is 23.2 Å². The number of hydrogen-bond acceptors (Lipinski definition) is 2. The summed E-state index contributed by atoms with van der Waals surface area (Å²) in [7, 11) is 0. The van der Waals surface area contributed by atoms with E-state index in [-0.39, 0.29) is 17.6 Å². The Morgan fingerprint density at radius 3 is 2.41 bits per heavy atom. The number of ether oxygens (including phenoxy) is 2. The predicted octanol–water partition coefficient (Wildman–Crippen LogP) is 4.16. The smallest absolute Gasteiger partial charge is 0.128 e. The molecule has 3 atom stereocenters. The first-order chi connectivity index (χ1) is 8.10. The maximum Gasteiger partial charge on any atom is 0.128 e. The summed E-state index contributed by atoms with van der Waals surface area (Å²) in [5.74, 6) is 0.653. The van der Waals surface area contributed by atoms with Crippen LogP contribution in [0.4, 0.5) is 0 Å². The van der Waals surface area contributed by atoms with Gasteiger partial charge in [-0.15, -0.1) is 11.6 Å². The second-order valence-corrected chi connectivity index (χ2v) is 5.37. The van der Waals surface area contributed by atoms with Crippen molar-refractivity contribution in [3.63, 3.8) is 0 Å². The summed E-state index contributed by atoms with van der Waals surface area (Å²) < 4.78 is 11.3. The molecule has 17 heavy (non-hydrogen) atoms. The molecule has 2 nitrogen and oxygen atoms in total. The Morgan fingerprint density at radius 2 is 1.88 bits per heavy atom. The van der Waals surface area contributed by atoms with E-state index in [4.69, 9.17) is 44.3 Å². The Bertz CT molecular complexity index is 377. The van der Waals surface area contributed by atoms with Gasteiger partial charge in [0.25, 0.3) is 0 Å². The third-order valence-electron chi connectivity index (χ3n) is 2.66. The van der Waals surface area contributed by atoms with Gasteiger partial charge < -0.3 is 9.47 Å². The van der Waals surface area contributed by atoms with Crippen LogP contribution in [0.5, 0.6) is 5.75 Å². The molecule has 0 aliphatic heterocycles. The van der Waals surface area contributed by atoms with E-state index >= 15 is 0 Å². The summed E-state index contributed by atoms with van der Waals surface area (Å²) in [6.45, 7) is 2.57. The van der Waals surface area contributed by atoms with Gasteiger partial charge in [0.05, 0.1) is 5.38 Å². The first kappa shape index (κ1) is 13.3. The van der Waals surface area contributed by atoms with Crippen molar-refractivity contribution in [3.05, 3.63) is 28.2 Å². The molecule has 1 aliphatic carbocycles. The van der Waals surface area contributed by atoms with E-state index in [9.17, 15) is 0 Å². The standard InChI is InChI=1S/C12H13Cl3O2/c1-2-16-12-10(15)6-11(12)17-9-4-7(13)3-8(14)5-9/h3-5,10-12H,2,6H2,1H3. The predicted molar refractivity (Wildman–Crippen MR) is 70.6 cm³/mol. The molecule has 5 heteroatoms. The fourth-order valence-electron chi connectivity index (χ4n) is 1.82. The highest BCUT2D eigenvalue weighted by Crippen LogP contribution is 2.34. The summed E-state index contributed by atoms with van der Waals surface area (Å²) >= 11 is 17.9. The molecule has 0 amide bonds. The zero-order valence-corrected chi connectivity index (χ0v) is 11.6. The van der Waals surface area contributed by atoms with Gasteiger partial charge in [0, 0.05) is 23.1 Å². The molecule has 0 heterocycles. The lowest BCUT2D eigenvalue weighted by atomic mass is 9.91. The molecule has 0 aromatic heterocycles. The first-order valence-electron chi connectivity index (χ1n) is 5.48. The van der Waals surface area contributed by atoms with Crippen molar-refractivity contribution in [2.45, 2.75) is 30.9 Å². The summed E-state index contributed by atoms with van der Waals surface area (Å²) in [5, 5.41) is 1.14. The molecule has 1 saturated carbocycles. The van der Waals surface area contributed by atoms with E-state index in [1.165, 1.54) is 0 Å². The molecular formula is C12H13Cl3O2. The molecule has 0 spiro atoms. The monoisotopic (exact) mass is 294 g/mol. The SMILES string of the molecule is CCOC1C(Cl)CC1Oc1cc(Cl)cc(Cl)c1. The van der Waals surface area contributed by atoms with Gasteiger partial charge in [-0.2, -0.15) is 0 Å². The van der Waals surface area contributed by atoms with Crippen molar-refractivity contribution in [2.75, 3.05) is 6.61 Å². The molecular weight excluding hydrogens is 282 g/mol. The van der Waals surface area contributed by atoms with E-state index in [1.807, 2.05) is 6.92 Å². The summed E-state index contributed by atoms with van der Waals surface area (Å²) in [4.78, 5) is 0. The Morgan fingerprint density at radius 1 is 1.24 bits per heavy atom. The van der Waals surface area contributed by atoms with Gasteiger partial charge in [0.1, 0.15) is 18.0 Å². The van der Waals surface area contributed by atoms with Crippen LogP contribution in [-0.4, -0.2) is 24.2 Å². The van der Waals surface area contributed by atoms with Gasteiger partial charge in [0.2, 0.25) is 0 Å². The summed E-state index contributed by atoms with van der Waals surface area (Å²) in [6.07, 6.45) is 0.697. The zero-order valence-electron chi connectivity index (χ0n) is 9.33. The molecule has 1 fully saturated rings. The van der Waals surface area contributed by atoms with Gasteiger partial charge in [0.15, 0.2) is 0 Å². The minimum absolute atomic E-state index is 0.0213. The average molecular weight is 296 g/mol. The molecule has 1 aliphatic rings. The van der Waals surface area contributed by atoms with Gasteiger partial charge in [-0.3, -0.25) is 0 Å². The molecule has 3 unspecified atom stereocenters. The lowest BCUT2D eigenvalue weighted by Gasteiger charge is -2.40. The Hall–Kier alpha value is -0.150. The summed E-state index contributed by atoms with van der Waals surface area (Å²) in [5.41, 5.74) is 0. The van der Waals surface area contributed by atoms with E-state index in [0.29, 0.717) is 22.4 Å². The van der Waals surface area contributed by atoms with E-state index in [0.717, 1.165) is 6.42 Å². The molecule has 0 radical (unpaired) electrons. The van der Waals surface area contributed by atoms with Crippen LogP contribution in [0.25, 0.3) is 0 Å². The maximum absolute atomic E-state index is 6.06. The van der Waals surface area contributed by atoms with Gasteiger partial charge in [-0.25, -0.2) is 0 Å². The molecule has 0 N–H and O–H groups in total. The molecule has 0 saturated heterocycles. The lowest BCUT2D eigenvalue weighted by molar-refractivity contribution is -0.0759. The lowest BCUT2D eigenvalue weighted by Crippen LogP contribution is -2.52. The largest absolute Gasteiger partial charge is 0.487 e. The number of alkyl halides is 1. The number of benzene rings is 1. The fraction of sp³-hybridized carbons (Fsp3) is 0.500. The van der Waals surface area contributed by atoms with Gasteiger partial charge in [-0.05, 0) is 25.1 Å². The normalized spacial score (nSPS) is 27.6. The van der Waals surface area contributed by atoms with Crippen molar-refractivity contribution in [1.82, 2.24) is 0 Å². The van der Waals surface area contributed by atoms with E-state index in [1.54, 1.807) is 18.2 Å². The second kappa shape index (κ2) is 5.66. The quantitative estimate of drug-likeness (QED) is 0.777. The van der Waals surface area contributed by atoms with Crippen LogP contribution in [0.2, 0.25) is 10.0 Å². The molecule has 2 rings (SSSR count). The highest BCUT2D eigenvalue weighted by atomic mass is 35.5.